The quantitative estimate of drug-likeness (QED) is 0.0300. The van der Waals surface area contributed by atoms with Gasteiger partial charge in [-0.05, 0) is 182 Å². The highest BCUT2D eigenvalue weighted by molar-refractivity contribution is 6.08. The standard InChI is InChI=1S/C71H88N5O4/c1-9-51(25-26-52(53-36-41-72-42-37-53)35-40-71(7,10-2)68(79)73-50-80-8)54-38-44-74(45-39-54)43-16-15-22-59-55(29-33-64-69(3,4)66-60-23-13-11-18-57(60)27-31-62(66)75(64)46-48-77)20-17-21-56(59)30-34-65-70(5,6)67-61-24-14-12-19-58(61)28-32-63(67)76(65)47-49-78/h11-14,18-19,23-24,27-34,36-39,41-42,44-45,51-52,77-78H,9-10,15-17,20-22,25-26,35,40,43,46-50H2,1-8H3/q+1/p+1. The van der Waals surface area contributed by atoms with E-state index < -0.39 is 5.41 Å². The summed E-state index contributed by atoms with van der Waals surface area (Å²) in [5.74, 6) is 0.840. The normalized spacial score (nSPS) is 18.4. The molecule has 4 heterocycles. The molecular formula is C71H89N5O4+2. The molecule has 420 valence electrons. The van der Waals surface area contributed by atoms with Gasteiger partial charge in [-0.15, -0.1) is 0 Å². The summed E-state index contributed by atoms with van der Waals surface area (Å²) in [6.07, 6.45) is 29.9. The van der Waals surface area contributed by atoms with Crippen LogP contribution in [-0.4, -0.2) is 71.5 Å². The van der Waals surface area contributed by atoms with E-state index in [0.717, 1.165) is 83.6 Å². The summed E-state index contributed by atoms with van der Waals surface area (Å²) >= 11 is 0. The van der Waals surface area contributed by atoms with Crippen molar-refractivity contribution < 1.29 is 28.9 Å². The van der Waals surface area contributed by atoms with Crippen LogP contribution in [0, 0.1) is 5.41 Å². The highest BCUT2D eigenvalue weighted by Crippen LogP contribution is 2.51. The number of unbranched alkanes of at least 4 members (excludes halogenated alkanes) is 1. The first-order valence-corrected chi connectivity index (χ1v) is 29.9. The number of aromatic nitrogens is 2. The van der Waals surface area contributed by atoms with Crippen LogP contribution in [0.25, 0.3) is 21.5 Å². The van der Waals surface area contributed by atoms with Gasteiger partial charge in [0.1, 0.15) is 19.9 Å². The summed E-state index contributed by atoms with van der Waals surface area (Å²) in [6, 6.07) is 35.3. The van der Waals surface area contributed by atoms with Gasteiger partial charge in [-0.1, -0.05) is 101 Å². The molecule has 9 heteroatoms. The zero-order chi connectivity index (χ0) is 56.4. The number of methoxy groups -OCH3 is 1. The lowest BCUT2D eigenvalue weighted by Crippen LogP contribution is -2.39. The Bertz CT molecular complexity index is 3290. The lowest BCUT2D eigenvalue weighted by Gasteiger charge is -2.29. The minimum Gasteiger partial charge on any atom is -0.395 e. The third kappa shape index (κ3) is 12.2. The number of aliphatic hydroxyl groups is 2. The van der Waals surface area contributed by atoms with E-state index in [1.165, 1.54) is 83.3 Å². The number of ether oxygens (including phenoxy) is 1. The number of fused-ring (bicyclic) bond motifs is 6. The molecule has 0 saturated carbocycles. The van der Waals surface area contributed by atoms with Crippen LogP contribution in [0.1, 0.15) is 160 Å². The number of pyridine rings is 2. The van der Waals surface area contributed by atoms with E-state index in [-0.39, 0.29) is 36.7 Å². The van der Waals surface area contributed by atoms with Crippen molar-refractivity contribution in [3.8, 4) is 0 Å². The molecule has 0 spiro atoms. The molecule has 9 rings (SSSR count). The van der Waals surface area contributed by atoms with Gasteiger partial charge in [-0.3, -0.25) is 9.78 Å². The van der Waals surface area contributed by atoms with Gasteiger partial charge >= 0.3 is 0 Å². The predicted octanol–water partition coefficient (Wildman–Crippen LogP) is 14.5. The molecule has 1 aliphatic carbocycles. The summed E-state index contributed by atoms with van der Waals surface area (Å²) in [5.41, 5.74) is 13.4. The molecule has 0 bridgehead atoms. The molecule has 9 nitrogen and oxygen atoms in total. The zero-order valence-electron chi connectivity index (χ0n) is 49.2. The number of nitrogens with zero attached hydrogens (tertiary/aromatic N) is 4. The SMILES string of the molecule is CCC(CCC(CCC(C)(CC)C(=O)NCOC)c1ccncc1)c1cc[n+](CCCCC2=C(/C=C/C3=[N+](CCO)c4ccc5ccccc5c4C3(C)C)CCC/C2=C\C=C2\N(CCO)c3ccc4ccccc4c3C2(C)C)cc1. The lowest BCUT2D eigenvalue weighted by atomic mass is 9.77. The Labute approximate surface area is 477 Å². The number of carbonyl (C=O) groups is 1. The molecule has 3 atom stereocenters. The number of benzene rings is 4. The lowest BCUT2D eigenvalue weighted by molar-refractivity contribution is -0.697. The molecule has 0 radical (unpaired) electrons. The fourth-order valence-electron chi connectivity index (χ4n) is 13.7. The first kappa shape index (κ1) is 58.1. The van der Waals surface area contributed by atoms with Crippen molar-refractivity contribution in [2.75, 3.05) is 45.0 Å². The average molecular weight is 1080 g/mol. The minimum atomic E-state index is -0.454. The number of carbonyl (C=O) groups excluding carboxylic acids is 1. The highest BCUT2D eigenvalue weighted by Gasteiger charge is 2.46. The number of anilines is 1. The predicted molar refractivity (Wildman–Crippen MR) is 329 cm³/mol. The van der Waals surface area contributed by atoms with Crippen molar-refractivity contribution in [2.45, 2.75) is 155 Å². The van der Waals surface area contributed by atoms with Gasteiger partial charge < -0.3 is 25.2 Å². The van der Waals surface area contributed by atoms with E-state index in [0.29, 0.717) is 24.9 Å². The fourth-order valence-corrected chi connectivity index (χ4v) is 13.7. The number of β-amino-alcohol motifs (C(OH)–C–C–N with tert-alkyl or cyclic N) is 2. The van der Waals surface area contributed by atoms with Crippen molar-refractivity contribution in [3.63, 3.8) is 0 Å². The zero-order valence-corrected chi connectivity index (χ0v) is 49.2. The van der Waals surface area contributed by atoms with Crippen LogP contribution in [0.4, 0.5) is 11.4 Å². The second kappa shape index (κ2) is 25.9. The van der Waals surface area contributed by atoms with Crippen LogP contribution in [0.3, 0.4) is 0 Å². The van der Waals surface area contributed by atoms with E-state index >= 15 is 0 Å². The van der Waals surface area contributed by atoms with E-state index in [9.17, 15) is 15.0 Å². The maximum absolute atomic E-state index is 13.2. The van der Waals surface area contributed by atoms with Crippen LogP contribution < -0.4 is 14.8 Å². The van der Waals surface area contributed by atoms with Gasteiger partial charge in [0, 0.05) is 84.5 Å². The van der Waals surface area contributed by atoms with E-state index in [4.69, 9.17) is 4.74 Å². The molecule has 1 amide bonds. The molecule has 3 aliphatic rings. The summed E-state index contributed by atoms with van der Waals surface area (Å²) in [6.45, 7) is 18.3. The van der Waals surface area contributed by atoms with E-state index in [2.05, 4.69) is 207 Å². The molecule has 0 fully saturated rings. The number of hydrogen-bond donors (Lipinski definition) is 3. The number of hydrogen-bond acceptors (Lipinski definition) is 6. The Hall–Kier alpha value is -6.52. The first-order valence-electron chi connectivity index (χ1n) is 29.9. The van der Waals surface area contributed by atoms with E-state index in [1.807, 2.05) is 12.4 Å². The van der Waals surface area contributed by atoms with Crippen LogP contribution in [0.15, 0.2) is 169 Å². The number of aliphatic hydroxyl groups excluding tert-OH is 2. The topological polar surface area (TPSA) is 102 Å². The van der Waals surface area contributed by atoms with Crippen LogP contribution in [0.5, 0.6) is 0 Å². The second-order valence-corrected chi connectivity index (χ2v) is 24.1. The van der Waals surface area contributed by atoms with Gasteiger partial charge in [0.2, 0.25) is 11.6 Å². The minimum absolute atomic E-state index is 0.0597. The number of nitrogens with one attached hydrogen (secondary N) is 1. The summed E-state index contributed by atoms with van der Waals surface area (Å²) in [5, 5.41) is 28.9. The molecule has 2 aromatic heterocycles. The first-order chi connectivity index (χ1) is 38.8. The Morgan fingerprint density at radius 3 is 2.15 bits per heavy atom. The third-order valence-corrected chi connectivity index (χ3v) is 18.5. The summed E-state index contributed by atoms with van der Waals surface area (Å²) in [7, 11) is 1.61. The van der Waals surface area contributed by atoms with Crippen LogP contribution >= 0.6 is 0 Å². The average Bonchev–Trinajstić information content (AvgIpc) is 3.89. The summed E-state index contributed by atoms with van der Waals surface area (Å²) < 4.78 is 9.88. The number of aryl methyl sites for hydroxylation is 1. The Morgan fingerprint density at radius 1 is 0.775 bits per heavy atom. The van der Waals surface area contributed by atoms with Crippen molar-refractivity contribution in [1.82, 2.24) is 10.3 Å². The molecule has 2 aliphatic heterocycles. The van der Waals surface area contributed by atoms with Crippen LogP contribution in [-0.2, 0) is 26.9 Å². The Morgan fingerprint density at radius 2 is 1.46 bits per heavy atom. The highest BCUT2D eigenvalue weighted by atomic mass is 16.5. The Balaban J connectivity index is 0.956. The van der Waals surface area contributed by atoms with Crippen molar-refractivity contribution >= 4 is 44.5 Å². The monoisotopic (exact) mass is 1080 g/mol. The molecular weight excluding hydrogens is 987 g/mol. The second-order valence-electron chi connectivity index (χ2n) is 24.1. The summed E-state index contributed by atoms with van der Waals surface area (Å²) in [4.78, 5) is 19.9. The largest absolute Gasteiger partial charge is 0.395 e. The third-order valence-electron chi connectivity index (χ3n) is 18.5. The van der Waals surface area contributed by atoms with Crippen molar-refractivity contribution in [1.29, 1.82) is 0 Å². The molecule has 4 aromatic carbocycles. The van der Waals surface area contributed by atoms with Gasteiger partial charge in [0.05, 0.1) is 12.0 Å². The number of rotatable bonds is 25. The van der Waals surface area contributed by atoms with Crippen LogP contribution in [0.2, 0.25) is 0 Å². The smallest absolute Gasteiger partial charge is 0.227 e. The van der Waals surface area contributed by atoms with Crippen molar-refractivity contribution in [3.05, 3.63) is 191 Å². The Kier molecular flexibility index (Phi) is 18.9. The van der Waals surface area contributed by atoms with Gasteiger partial charge in [-0.25, -0.2) is 4.57 Å². The molecule has 80 heavy (non-hydrogen) atoms. The van der Waals surface area contributed by atoms with Gasteiger partial charge in [0.25, 0.3) is 0 Å². The van der Waals surface area contributed by atoms with Crippen molar-refractivity contribution in [2.24, 2.45) is 5.41 Å². The molecule has 3 N–H and O–H groups in total. The molecule has 3 unspecified atom stereocenters. The number of allylic oxidation sites excluding steroid dienone is 8. The maximum Gasteiger partial charge on any atom is 0.227 e. The van der Waals surface area contributed by atoms with Gasteiger partial charge in [-0.2, -0.15) is 4.58 Å². The van der Waals surface area contributed by atoms with E-state index in [1.54, 1.807) is 7.11 Å². The fraction of sp³-hybridized carbons (Fsp3) is 0.437. The van der Waals surface area contributed by atoms with Gasteiger partial charge in [0.15, 0.2) is 24.7 Å². The molecule has 0 saturated heterocycles. The molecule has 6 aromatic rings. The number of amides is 1. The maximum atomic E-state index is 13.2.